The molecule has 0 aliphatic heterocycles. The molecule has 0 aliphatic rings. The van der Waals surface area contributed by atoms with E-state index < -0.39 is 0 Å². The quantitative estimate of drug-likeness (QED) is 0.759. The number of aromatic nitrogens is 2. The van der Waals surface area contributed by atoms with Gasteiger partial charge in [-0.1, -0.05) is 18.2 Å². The van der Waals surface area contributed by atoms with Gasteiger partial charge in [-0.3, -0.25) is 5.10 Å². The lowest BCUT2D eigenvalue weighted by molar-refractivity contribution is 0.326. The van der Waals surface area contributed by atoms with Crippen LogP contribution in [0.3, 0.4) is 0 Å². The molecular weight excluding hydrogens is 264 g/mol. The molecule has 4 heteroatoms. The van der Waals surface area contributed by atoms with Crippen LogP contribution in [0.4, 0.5) is 0 Å². The molecular formula is C17H16N2O2. The van der Waals surface area contributed by atoms with Crippen LogP contribution in [0, 0.1) is 0 Å². The van der Waals surface area contributed by atoms with E-state index in [1.54, 1.807) is 0 Å². The topological polar surface area (TPSA) is 47.1 Å². The van der Waals surface area contributed by atoms with E-state index in [-0.39, 0.29) is 0 Å². The van der Waals surface area contributed by atoms with Gasteiger partial charge in [0.2, 0.25) is 5.88 Å². The second-order valence-corrected chi connectivity index (χ2v) is 4.49. The van der Waals surface area contributed by atoms with Crippen LogP contribution in [0.15, 0.2) is 60.7 Å². The molecule has 0 atom stereocenters. The molecule has 0 spiro atoms. The van der Waals surface area contributed by atoms with Crippen LogP contribution in [0.5, 0.6) is 17.4 Å². The lowest BCUT2D eigenvalue weighted by Gasteiger charge is -2.05. The lowest BCUT2D eigenvalue weighted by atomic mass is 10.1. The van der Waals surface area contributed by atoms with Crippen molar-refractivity contribution in [1.29, 1.82) is 0 Å². The van der Waals surface area contributed by atoms with Gasteiger partial charge < -0.3 is 9.47 Å². The molecule has 0 fully saturated rings. The van der Waals surface area contributed by atoms with Gasteiger partial charge in [-0.2, -0.15) is 0 Å². The van der Waals surface area contributed by atoms with Gasteiger partial charge in [0.05, 0.1) is 12.3 Å². The SMILES string of the molecule is CCOc1cc(-c2ccc(Oc3ccccc3)cc2)[nH]n1. The van der Waals surface area contributed by atoms with Gasteiger partial charge in [0, 0.05) is 6.07 Å². The molecule has 106 valence electrons. The van der Waals surface area contributed by atoms with Gasteiger partial charge in [-0.25, -0.2) is 0 Å². The third kappa shape index (κ3) is 3.23. The highest BCUT2D eigenvalue weighted by molar-refractivity contribution is 5.61. The van der Waals surface area contributed by atoms with Crippen molar-refractivity contribution in [3.8, 4) is 28.6 Å². The predicted octanol–water partition coefficient (Wildman–Crippen LogP) is 4.27. The fourth-order valence-corrected chi connectivity index (χ4v) is 2.00. The monoisotopic (exact) mass is 280 g/mol. The number of benzene rings is 2. The van der Waals surface area contributed by atoms with Gasteiger partial charge in [-0.15, -0.1) is 5.10 Å². The first kappa shape index (κ1) is 13.2. The molecule has 21 heavy (non-hydrogen) atoms. The molecule has 4 nitrogen and oxygen atoms in total. The molecule has 2 aromatic carbocycles. The summed E-state index contributed by atoms with van der Waals surface area (Å²) in [5.74, 6) is 2.23. The first-order chi connectivity index (χ1) is 10.3. The maximum atomic E-state index is 5.76. The Hall–Kier alpha value is -2.75. The maximum absolute atomic E-state index is 5.76. The van der Waals surface area contributed by atoms with E-state index in [9.17, 15) is 0 Å². The van der Waals surface area contributed by atoms with Crippen LogP contribution < -0.4 is 9.47 Å². The van der Waals surface area contributed by atoms with E-state index in [0.717, 1.165) is 22.8 Å². The summed E-state index contributed by atoms with van der Waals surface area (Å²) in [6.07, 6.45) is 0. The van der Waals surface area contributed by atoms with E-state index in [1.165, 1.54) is 0 Å². The minimum atomic E-state index is 0.605. The highest BCUT2D eigenvalue weighted by atomic mass is 16.5. The Bertz CT molecular complexity index is 690. The Morgan fingerprint density at radius 1 is 0.952 bits per heavy atom. The first-order valence-electron chi connectivity index (χ1n) is 6.86. The van der Waals surface area contributed by atoms with Crippen molar-refractivity contribution in [1.82, 2.24) is 10.2 Å². The van der Waals surface area contributed by atoms with E-state index in [0.29, 0.717) is 12.5 Å². The van der Waals surface area contributed by atoms with Crippen molar-refractivity contribution in [2.45, 2.75) is 6.92 Å². The number of nitrogens with zero attached hydrogens (tertiary/aromatic N) is 1. The fraction of sp³-hybridized carbons (Fsp3) is 0.118. The second-order valence-electron chi connectivity index (χ2n) is 4.49. The molecule has 3 aromatic rings. The predicted molar refractivity (Wildman–Crippen MR) is 81.7 cm³/mol. The van der Waals surface area contributed by atoms with Crippen molar-refractivity contribution >= 4 is 0 Å². The highest BCUT2D eigenvalue weighted by Gasteiger charge is 2.04. The number of para-hydroxylation sites is 1. The molecule has 0 saturated carbocycles. The highest BCUT2D eigenvalue weighted by Crippen LogP contribution is 2.26. The van der Waals surface area contributed by atoms with Gasteiger partial charge in [0.15, 0.2) is 0 Å². The number of ether oxygens (including phenoxy) is 2. The van der Waals surface area contributed by atoms with E-state index >= 15 is 0 Å². The smallest absolute Gasteiger partial charge is 0.233 e. The number of nitrogens with one attached hydrogen (secondary N) is 1. The van der Waals surface area contributed by atoms with Crippen LogP contribution >= 0.6 is 0 Å². The van der Waals surface area contributed by atoms with Gasteiger partial charge in [0.25, 0.3) is 0 Å². The standard InChI is InChI=1S/C17H16N2O2/c1-2-20-17-12-16(18-19-17)13-8-10-15(11-9-13)21-14-6-4-3-5-7-14/h3-12H,2H2,1H3,(H,18,19). The number of aromatic amines is 1. The lowest BCUT2D eigenvalue weighted by Crippen LogP contribution is -1.90. The van der Waals surface area contributed by atoms with Crippen LogP contribution in [-0.2, 0) is 0 Å². The van der Waals surface area contributed by atoms with Crippen molar-refractivity contribution in [2.24, 2.45) is 0 Å². The minimum absolute atomic E-state index is 0.605. The Balaban J connectivity index is 1.74. The molecule has 1 N–H and O–H groups in total. The zero-order chi connectivity index (χ0) is 14.5. The normalized spacial score (nSPS) is 10.3. The summed E-state index contributed by atoms with van der Waals surface area (Å²) in [6.45, 7) is 2.54. The van der Waals surface area contributed by atoms with Gasteiger partial charge in [-0.05, 0) is 48.9 Å². The Kier molecular flexibility index (Phi) is 3.87. The minimum Gasteiger partial charge on any atom is -0.477 e. The van der Waals surface area contributed by atoms with Crippen LogP contribution in [0.25, 0.3) is 11.3 Å². The number of hydrogen-bond donors (Lipinski definition) is 1. The summed E-state index contributed by atoms with van der Waals surface area (Å²) < 4.78 is 11.1. The van der Waals surface area contributed by atoms with E-state index in [2.05, 4.69) is 10.2 Å². The summed E-state index contributed by atoms with van der Waals surface area (Å²) in [4.78, 5) is 0. The van der Waals surface area contributed by atoms with Crippen molar-refractivity contribution in [3.05, 3.63) is 60.7 Å². The first-order valence-corrected chi connectivity index (χ1v) is 6.86. The molecule has 0 bridgehead atoms. The Labute approximate surface area is 123 Å². The van der Waals surface area contributed by atoms with Crippen LogP contribution in [0.1, 0.15) is 6.92 Å². The number of rotatable bonds is 5. The number of H-pyrrole nitrogens is 1. The third-order valence-corrected chi connectivity index (χ3v) is 2.99. The molecule has 0 aliphatic carbocycles. The summed E-state index contributed by atoms with van der Waals surface area (Å²) >= 11 is 0. The maximum Gasteiger partial charge on any atom is 0.233 e. The molecule has 1 aromatic heterocycles. The Morgan fingerprint density at radius 3 is 2.38 bits per heavy atom. The largest absolute Gasteiger partial charge is 0.477 e. The average molecular weight is 280 g/mol. The van der Waals surface area contributed by atoms with Crippen LogP contribution in [0.2, 0.25) is 0 Å². The third-order valence-electron chi connectivity index (χ3n) is 2.99. The second kappa shape index (κ2) is 6.13. The molecule has 1 heterocycles. The van der Waals surface area contributed by atoms with E-state index in [4.69, 9.17) is 9.47 Å². The van der Waals surface area contributed by atoms with Gasteiger partial charge in [0.1, 0.15) is 11.5 Å². The van der Waals surface area contributed by atoms with Gasteiger partial charge >= 0.3 is 0 Å². The van der Waals surface area contributed by atoms with Crippen molar-refractivity contribution in [2.75, 3.05) is 6.61 Å². The van der Waals surface area contributed by atoms with E-state index in [1.807, 2.05) is 67.6 Å². The zero-order valence-electron chi connectivity index (χ0n) is 11.7. The summed E-state index contributed by atoms with van der Waals surface area (Å²) in [5.41, 5.74) is 1.96. The van der Waals surface area contributed by atoms with Crippen molar-refractivity contribution in [3.63, 3.8) is 0 Å². The summed E-state index contributed by atoms with van der Waals surface area (Å²) in [5, 5.41) is 7.05. The fourth-order valence-electron chi connectivity index (χ4n) is 2.00. The molecule has 0 unspecified atom stereocenters. The summed E-state index contributed by atoms with van der Waals surface area (Å²) in [7, 11) is 0. The molecule has 0 radical (unpaired) electrons. The van der Waals surface area contributed by atoms with Crippen molar-refractivity contribution < 1.29 is 9.47 Å². The molecule has 0 saturated heterocycles. The molecule has 3 rings (SSSR count). The average Bonchev–Trinajstić information content (AvgIpc) is 2.98. The number of hydrogen-bond acceptors (Lipinski definition) is 3. The zero-order valence-corrected chi connectivity index (χ0v) is 11.7. The molecule has 0 amide bonds. The Morgan fingerprint density at radius 2 is 1.67 bits per heavy atom. The summed E-state index contributed by atoms with van der Waals surface area (Å²) in [6, 6.07) is 19.4. The van der Waals surface area contributed by atoms with Crippen LogP contribution in [-0.4, -0.2) is 16.8 Å².